The molecule has 0 unspecified atom stereocenters. The van der Waals surface area contributed by atoms with E-state index in [1.807, 2.05) is 0 Å². The van der Waals surface area contributed by atoms with Gasteiger partial charge < -0.3 is 10.8 Å². The smallest absolute Gasteiger partial charge is 0.243 e. The topological polar surface area (TPSA) is 92.4 Å². The highest BCUT2D eigenvalue weighted by molar-refractivity contribution is 9.11. The Morgan fingerprint density at radius 1 is 1.20 bits per heavy atom. The molecule has 1 saturated carbocycles. The summed E-state index contributed by atoms with van der Waals surface area (Å²) >= 11 is 6.50. The van der Waals surface area contributed by atoms with Gasteiger partial charge >= 0.3 is 0 Å². The van der Waals surface area contributed by atoms with E-state index in [9.17, 15) is 13.5 Å². The number of benzene rings is 1. The van der Waals surface area contributed by atoms with E-state index in [0.29, 0.717) is 34.6 Å². The summed E-state index contributed by atoms with van der Waals surface area (Å²) in [6.07, 6.45) is 2.18. The van der Waals surface area contributed by atoms with Gasteiger partial charge in [0.15, 0.2) is 0 Å². The van der Waals surface area contributed by atoms with Gasteiger partial charge in [-0.1, -0.05) is 15.9 Å². The van der Waals surface area contributed by atoms with Crippen molar-refractivity contribution in [3.8, 4) is 0 Å². The number of hydrogen-bond donors (Lipinski definition) is 3. The first-order valence-corrected chi connectivity index (χ1v) is 9.31. The SMILES string of the molecule is Nc1cc(Br)cc(Br)c1S(=O)(=O)NC1CCC(O)CC1. The van der Waals surface area contributed by atoms with Crippen LogP contribution in [0.15, 0.2) is 26.0 Å². The number of halogens is 2. The molecule has 20 heavy (non-hydrogen) atoms. The van der Waals surface area contributed by atoms with E-state index in [1.165, 1.54) is 0 Å². The molecule has 0 spiro atoms. The van der Waals surface area contributed by atoms with Crippen LogP contribution in [0.1, 0.15) is 25.7 Å². The molecule has 0 aliphatic heterocycles. The van der Waals surface area contributed by atoms with Crippen LogP contribution in [-0.4, -0.2) is 25.7 Å². The van der Waals surface area contributed by atoms with Crippen molar-refractivity contribution >= 4 is 47.6 Å². The average molecular weight is 428 g/mol. The Labute approximate surface area is 135 Å². The molecule has 1 aromatic carbocycles. The first-order chi connectivity index (χ1) is 9.29. The number of nitrogens with two attached hydrogens (primary N) is 1. The molecule has 0 heterocycles. The molecule has 4 N–H and O–H groups in total. The highest BCUT2D eigenvalue weighted by Gasteiger charge is 2.27. The van der Waals surface area contributed by atoms with Crippen molar-refractivity contribution in [3.05, 3.63) is 21.1 Å². The van der Waals surface area contributed by atoms with E-state index in [1.54, 1.807) is 12.1 Å². The number of sulfonamides is 1. The Balaban J connectivity index is 2.23. The van der Waals surface area contributed by atoms with E-state index in [4.69, 9.17) is 5.73 Å². The fraction of sp³-hybridized carbons (Fsp3) is 0.500. The summed E-state index contributed by atoms with van der Waals surface area (Å²) in [7, 11) is -3.68. The minimum Gasteiger partial charge on any atom is -0.398 e. The average Bonchev–Trinajstić information content (AvgIpc) is 2.30. The molecule has 2 rings (SSSR count). The molecule has 1 aliphatic carbocycles. The second-order valence-corrected chi connectivity index (χ2v) is 8.35. The van der Waals surface area contributed by atoms with Crippen LogP contribution >= 0.6 is 31.9 Å². The van der Waals surface area contributed by atoms with Gasteiger partial charge in [0.1, 0.15) is 4.90 Å². The van der Waals surface area contributed by atoms with E-state index in [0.717, 1.165) is 0 Å². The minimum absolute atomic E-state index is 0.0619. The van der Waals surface area contributed by atoms with Gasteiger partial charge in [-0.25, -0.2) is 13.1 Å². The van der Waals surface area contributed by atoms with Crippen LogP contribution in [0.25, 0.3) is 0 Å². The summed E-state index contributed by atoms with van der Waals surface area (Å²) in [4.78, 5) is 0.0619. The molecule has 1 fully saturated rings. The zero-order chi connectivity index (χ0) is 14.9. The molecular weight excluding hydrogens is 412 g/mol. The number of nitrogen functional groups attached to an aromatic ring is 1. The van der Waals surface area contributed by atoms with Crippen molar-refractivity contribution < 1.29 is 13.5 Å². The molecule has 5 nitrogen and oxygen atoms in total. The Bertz CT molecular complexity index is 576. The summed E-state index contributed by atoms with van der Waals surface area (Å²) < 4.78 is 28.7. The fourth-order valence-electron chi connectivity index (χ4n) is 2.34. The lowest BCUT2D eigenvalue weighted by atomic mass is 9.94. The standard InChI is InChI=1S/C12H16Br2N2O3S/c13-7-5-10(14)12(11(15)6-7)20(18,19)16-8-1-3-9(17)4-2-8/h5-6,8-9,16-17H,1-4,15H2. The number of aliphatic hydroxyl groups is 1. The van der Waals surface area contributed by atoms with Crippen molar-refractivity contribution in [2.45, 2.75) is 42.7 Å². The maximum atomic E-state index is 12.4. The number of hydrogen-bond acceptors (Lipinski definition) is 4. The third-order valence-corrected chi connectivity index (χ3v) is 6.31. The molecular formula is C12H16Br2N2O3S. The number of rotatable bonds is 3. The van der Waals surface area contributed by atoms with Gasteiger partial charge in [0.05, 0.1) is 11.8 Å². The third-order valence-electron chi connectivity index (χ3n) is 3.32. The summed E-state index contributed by atoms with van der Waals surface area (Å²) in [5.74, 6) is 0. The monoisotopic (exact) mass is 426 g/mol. The lowest BCUT2D eigenvalue weighted by Gasteiger charge is -2.26. The maximum absolute atomic E-state index is 12.4. The number of aliphatic hydroxyl groups excluding tert-OH is 1. The van der Waals surface area contributed by atoms with Crippen LogP contribution in [0.4, 0.5) is 5.69 Å². The third kappa shape index (κ3) is 3.73. The summed E-state index contributed by atoms with van der Waals surface area (Å²) in [5, 5.41) is 9.45. The van der Waals surface area contributed by atoms with Gasteiger partial charge in [0.2, 0.25) is 10.0 Å². The quantitative estimate of drug-likeness (QED) is 0.645. The maximum Gasteiger partial charge on any atom is 0.243 e. The van der Waals surface area contributed by atoms with Crippen molar-refractivity contribution in [3.63, 3.8) is 0 Å². The van der Waals surface area contributed by atoms with Crippen molar-refractivity contribution in [2.75, 3.05) is 5.73 Å². The number of nitrogens with one attached hydrogen (secondary N) is 1. The minimum atomic E-state index is -3.68. The molecule has 0 amide bonds. The van der Waals surface area contributed by atoms with Gasteiger partial charge in [-0.05, 0) is 53.7 Å². The molecule has 0 radical (unpaired) electrons. The van der Waals surface area contributed by atoms with Crippen LogP contribution < -0.4 is 10.5 Å². The van der Waals surface area contributed by atoms with Gasteiger partial charge in [0, 0.05) is 15.0 Å². The Hall–Kier alpha value is -0.150. The van der Waals surface area contributed by atoms with Crippen molar-refractivity contribution in [1.29, 1.82) is 0 Å². The Morgan fingerprint density at radius 2 is 1.80 bits per heavy atom. The van der Waals surface area contributed by atoms with E-state index >= 15 is 0 Å². The zero-order valence-electron chi connectivity index (χ0n) is 10.6. The Kier molecular flexibility index (Phi) is 5.12. The van der Waals surface area contributed by atoms with Crippen LogP contribution in [0.3, 0.4) is 0 Å². The fourth-order valence-corrected chi connectivity index (χ4v) is 5.71. The predicted octanol–water partition coefficient (Wildman–Crippen LogP) is 2.38. The van der Waals surface area contributed by atoms with Crippen LogP contribution in [0.2, 0.25) is 0 Å². The number of anilines is 1. The van der Waals surface area contributed by atoms with Crippen LogP contribution in [0, 0.1) is 0 Å². The predicted molar refractivity (Wildman–Crippen MR) is 84.8 cm³/mol. The van der Waals surface area contributed by atoms with Crippen molar-refractivity contribution in [1.82, 2.24) is 4.72 Å². The van der Waals surface area contributed by atoms with Gasteiger partial charge in [-0.15, -0.1) is 0 Å². The first-order valence-electron chi connectivity index (χ1n) is 6.24. The second kappa shape index (κ2) is 6.31. The molecule has 0 saturated heterocycles. The normalized spacial score (nSPS) is 23.8. The van der Waals surface area contributed by atoms with Crippen LogP contribution in [-0.2, 0) is 10.0 Å². The van der Waals surface area contributed by atoms with E-state index in [-0.39, 0.29) is 22.7 Å². The first kappa shape index (κ1) is 16.2. The van der Waals surface area contributed by atoms with Gasteiger partial charge in [0.25, 0.3) is 0 Å². The summed E-state index contributed by atoms with van der Waals surface area (Å²) in [6, 6.07) is 3.05. The Morgan fingerprint density at radius 3 is 2.35 bits per heavy atom. The molecule has 0 bridgehead atoms. The molecule has 1 aromatic rings. The van der Waals surface area contributed by atoms with Gasteiger partial charge in [-0.3, -0.25) is 0 Å². The molecule has 1 aliphatic rings. The summed E-state index contributed by atoms with van der Waals surface area (Å²) in [6.45, 7) is 0. The van der Waals surface area contributed by atoms with Crippen molar-refractivity contribution in [2.24, 2.45) is 0 Å². The molecule has 0 aromatic heterocycles. The largest absolute Gasteiger partial charge is 0.398 e. The lowest BCUT2D eigenvalue weighted by Crippen LogP contribution is -2.38. The summed E-state index contributed by atoms with van der Waals surface area (Å²) in [5.41, 5.74) is 6.01. The van der Waals surface area contributed by atoms with Crippen LogP contribution in [0.5, 0.6) is 0 Å². The molecule has 8 heteroatoms. The zero-order valence-corrected chi connectivity index (χ0v) is 14.6. The van der Waals surface area contributed by atoms with E-state index < -0.39 is 10.0 Å². The second-order valence-electron chi connectivity index (χ2n) is 4.93. The highest BCUT2D eigenvalue weighted by Crippen LogP contribution is 2.32. The molecule has 112 valence electrons. The molecule has 0 atom stereocenters. The highest BCUT2D eigenvalue weighted by atomic mass is 79.9. The lowest BCUT2D eigenvalue weighted by molar-refractivity contribution is 0.120. The van der Waals surface area contributed by atoms with E-state index in [2.05, 4.69) is 36.6 Å². The van der Waals surface area contributed by atoms with Gasteiger partial charge in [-0.2, -0.15) is 0 Å².